The Morgan fingerprint density at radius 2 is 2.10 bits per heavy atom. The first-order valence-corrected chi connectivity index (χ1v) is 8.22. The Balaban J connectivity index is 2.10. The number of aromatic nitrogens is 1. The lowest BCUT2D eigenvalue weighted by Crippen LogP contribution is -2.49. The van der Waals surface area contributed by atoms with E-state index in [0.29, 0.717) is 31.6 Å². The number of aryl methyl sites for hydroxylation is 1. The van der Waals surface area contributed by atoms with Gasteiger partial charge in [0.15, 0.2) is 0 Å². The highest BCUT2D eigenvalue weighted by atomic mass is 35.5. The minimum atomic E-state index is -3.63. The van der Waals surface area contributed by atoms with Crippen molar-refractivity contribution in [3.8, 4) is 5.88 Å². The van der Waals surface area contributed by atoms with Crippen LogP contribution in [0.1, 0.15) is 18.4 Å². The standard InChI is InChI=1S/C12H15ClN2O4S/c1-8-6-9-11(15-10(8)13)19-12(2-4-18-5-3-12)7-14-20(9,16)17/h6,14H,2-5,7H2,1H3. The molecule has 1 saturated heterocycles. The highest BCUT2D eigenvalue weighted by Gasteiger charge is 2.41. The number of halogens is 1. The van der Waals surface area contributed by atoms with Gasteiger partial charge in [-0.3, -0.25) is 0 Å². The molecule has 0 saturated carbocycles. The average molecular weight is 319 g/mol. The lowest BCUT2D eigenvalue weighted by molar-refractivity contribution is -0.0442. The van der Waals surface area contributed by atoms with Crippen molar-refractivity contribution in [2.45, 2.75) is 30.3 Å². The quantitative estimate of drug-likeness (QED) is 0.729. The number of sulfonamides is 1. The molecule has 0 unspecified atom stereocenters. The van der Waals surface area contributed by atoms with Crippen molar-refractivity contribution in [2.75, 3.05) is 19.8 Å². The van der Waals surface area contributed by atoms with E-state index < -0.39 is 15.6 Å². The second-order valence-corrected chi connectivity index (χ2v) is 7.21. The predicted octanol–water partition coefficient (Wildman–Crippen LogP) is 1.26. The van der Waals surface area contributed by atoms with Crippen LogP contribution in [0.5, 0.6) is 5.88 Å². The number of nitrogens with one attached hydrogen (secondary N) is 1. The predicted molar refractivity (Wildman–Crippen MR) is 72.6 cm³/mol. The third kappa shape index (κ3) is 2.39. The van der Waals surface area contributed by atoms with E-state index in [2.05, 4.69) is 9.71 Å². The minimum Gasteiger partial charge on any atom is -0.468 e. The average Bonchev–Trinajstić information content (AvgIpc) is 2.50. The van der Waals surface area contributed by atoms with E-state index >= 15 is 0 Å². The zero-order valence-corrected chi connectivity index (χ0v) is 12.6. The number of pyridine rings is 1. The Labute approximate surface area is 122 Å². The number of hydrogen-bond acceptors (Lipinski definition) is 5. The molecule has 8 heteroatoms. The highest BCUT2D eigenvalue weighted by molar-refractivity contribution is 7.89. The Morgan fingerprint density at radius 1 is 1.40 bits per heavy atom. The van der Waals surface area contributed by atoms with Crippen LogP contribution in [0.4, 0.5) is 0 Å². The summed E-state index contributed by atoms with van der Waals surface area (Å²) in [4.78, 5) is 4.15. The molecule has 1 fully saturated rings. The van der Waals surface area contributed by atoms with E-state index in [9.17, 15) is 8.42 Å². The third-order valence-electron chi connectivity index (χ3n) is 3.67. The zero-order chi connectivity index (χ0) is 14.4. The van der Waals surface area contributed by atoms with E-state index in [1.807, 2.05) is 0 Å². The number of fused-ring (bicyclic) bond motifs is 1. The van der Waals surface area contributed by atoms with Gasteiger partial charge in [-0.05, 0) is 18.6 Å². The summed E-state index contributed by atoms with van der Waals surface area (Å²) in [6.45, 7) is 3.00. The molecule has 0 aliphatic carbocycles. The van der Waals surface area contributed by atoms with Crippen LogP contribution in [-0.2, 0) is 14.8 Å². The maximum absolute atomic E-state index is 12.3. The Bertz CT molecular complexity index is 641. The maximum atomic E-state index is 12.3. The fourth-order valence-corrected chi connectivity index (χ4v) is 3.77. The Morgan fingerprint density at radius 3 is 2.80 bits per heavy atom. The van der Waals surface area contributed by atoms with Crippen LogP contribution in [-0.4, -0.2) is 38.8 Å². The minimum absolute atomic E-state index is 0.0442. The van der Waals surface area contributed by atoms with E-state index in [1.165, 1.54) is 6.07 Å². The second-order valence-electron chi connectivity index (χ2n) is 5.12. The fraction of sp³-hybridized carbons (Fsp3) is 0.583. The molecule has 110 valence electrons. The number of rotatable bonds is 0. The van der Waals surface area contributed by atoms with E-state index in [-0.39, 0.29) is 22.5 Å². The summed E-state index contributed by atoms with van der Waals surface area (Å²) in [5, 5.41) is 0.253. The van der Waals surface area contributed by atoms with E-state index in [1.54, 1.807) is 6.92 Å². The molecule has 0 amide bonds. The van der Waals surface area contributed by atoms with Gasteiger partial charge in [0.2, 0.25) is 15.9 Å². The van der Waals surface area contributed by atoms with Crippen LogP contribution in [0, 0.1) is 6.92 Å². The van der Waals surface area contributed by atoms with Gasteiger partial charge in [0, 0.05) is 12.8 Å². The van der Waals surface area contributed by atoms with Crippen molar-refractivity contribution in [1.82, 2.24) is 9.71 Å². The first kappa shape index (κ1) is 14.1. The summed E-state index contributed by atoms with van der Waals surface area (Å²) in [5.74, 6) is 0.0764. The normalized spacial score (nSPS) is 23.7. The molecule has 0 bridgehead atoms. The topological polar surface area (TPSA) is 77.5 Å². The van der Waals surface area contributed by atoms with Crippen LogP contribution < -0.4 is 9.46 Å². The molecule has 20 heavy (non-hydrogen) atoms. The maximum Gasteiger partial charge on any atom is 0.246 e. The number of nitrogens with zero attached hydrogens (tertiary/aromatic N) is 1. The molecule has 1 aromatic rings. The molecule has 2 aliphatic heterocycles. The lowest BCUT2D eigenvalue weighted by atomic mass is 9.94. The first-order chi connectivity index (χ1) is 9.42. The molecule has 6 nitrogen and oxygen atoms in total. The SMILES string of the molecule is Cc1cc2c(nc1Cl)OC1(CCOCC1)CNS2(=O)=O. The molecule has 3 heterocycles. The molecule has 1 aromatic heterocycles. The lowest BCUT2D eigenvalue weighted by Gasteiger charge is -2.35. The van der Waals surface area contributed by atoms with E-state index in [4.69, 9.17) is 21.1 Å². The van der Waals surface area contributed by atoms with Crippen molar-refractivity contribution in [3.63, 3.8) is 0 Å². The van der Waals surface area contributed by atoms with Crippen molar-refractivity contribution in [3.05, 3.63) is 16.8 Å². The van der Waals surface area contributed by atoms with Gasteiger partial charge < -0.3 is 9.47 Å². The van der Waals surface area contributed by atoms with Crippen LogP contribution in [0.25, 0.3) is 0 Å². The van der Waals surface area contributed by atoms with Crippen molar-refractivity contribution in [1.29, 1.82) is 0 Å². The van der Waals surface area contributed by atoms with Crippen LogP contribution in [0.15, 0.2) is 11.0 Å². The summed E-state index contributed by atoms with van der Waals surface area (Å²) < 4.78 is 38.4. The van der Waals surface area contributed by atoms with Crippen molar-refractivity contribution < 1.29 is 17.9 Å². The number of hydrogen-bond donors (Lipinski definition) is 1. The molecule has 1 N–H and O–H groups in total. The van der Waals surface area contributed by atoms with Gasteiger partial charge in [-0.25, -0.2) is 18.1 Å². The summed E-state index contributed by atoms with van der Waals surface area (Å²) in [6.07, 6.45) is 1.23. The Kier molecular flexibility index (Phi) is 3.40. The smallest absolute Gasteiger partial charge is 0.246 e. The second kappa shape index (κ2) is 4.84. The van der Waals surface area contributed by atoms with Gasteiger partial charge >= 0.3 is 0 Å². The van der Waals surface area contributed by atoms with Crippen molar-refractivity contribution >= 4 is 21.6 Å². The fourth-order valence-electron chi connectivity index (χ4n) is 2.38. The summed E-state index contributed by atoms with van der Waals surface area (Å²) in [5.41, 5.74) is -0.00960. The molecule has 0 atom stereocenters. The van der Waals surface area contributed by atoms with Crippen LogP contribution in [0.2, 0.25) is 5.15 Å². The number of ether oxygens (including phenoxy) is 2. The van der Waals surface area contributed by atoms with Gasteiger partial charge in [0.25, 0.3) is 0 Å². The molecule has 3 rings (SSSR count). The van der Waals surface area contributed by atoms with Gasteiger partial charge in [0.05, 0.1) is 19.8 Å². The molecule has 0 radical (unpaired) electrons. The summed E-state index contributed by atoms with van der Waals surface area (Å²) in [6, 6.07) is 1.49. The third-order valence-corrected chi connectivity index (χ3v) is 5.45. The largest absolute Gasteiger partial charge is 0.468 e. The van der Waals surface area contributed by atoms with Crippen LogP contribution >= 0.6 is 11.6 Å². The van der Waals surface area contributed by atoms with Gasteiger partial charge in [-0.15, -0.1) is 0 Å². The first-order valence-electron chi connectivity index (χ1n) is 6.35. The molecule has 0 aromatic carbocycles. The van der Waals surface area contributed by atoms with E-state index in [0.717, 1.165) is 0 Å². The molecular weight excluding hydrogens is 304 g/mol. The Hall–Kier alpha value is -0.890. The summed E-state index contributed by atoms with van der Waals surface area (Å²) in [7, 11) is -3.63. The summed E-state index contributed by atoms with van der Waals surface area (Å²) >= 11 is 5.99. The van der Waals surface area contributed by atoms with Crippen molar-refractivity contribution in [2.24, 2.45) is 0 Å². The monoisotopic (exact) mass is 318 g/mol. The molecular formula is C12H15ClN2O4S. The zero-order valence-electron chi connectivity index (χ0n) is 11.0. The van der Waals surface area contributed by atoms with Crippen LogP contribution in [0.3, 0.4) is 0 Å². The highest BCUT2D eigenvalue weighted by Crippen LogP contribution is 2.35. The van der Waals surface area contributed by atoms with Gasteiger partial charge in [0.1, 0.15) is 15.6 Å². The van der Waals surface area contributed by atoms with Gasteiger partial charge in [-0.2, -0.15) is 0 Å². The molecule has 1 spiro atoms. The molecule has 2 aliphatic rings. The van der Waals surface area contributed by atoms with Gasteiger partial charge in [-0.1, -0.05) is 11.6 Å².